The van der Waals surface area contributed by atoms with E-state index in [1.807, 2.05) is 30.3 Å². The third-order valence-electron chi connectivity index (χ3n) is 6.06. The summed E-state index contributed by atoms with van der Waals surface area (Å²) >= 11 is 6.40. The number of terminal acetylenes is 1. The van der Waals surface area contributed by atoms with Gasteiger partial charge in [0.05, 0.1) is 0 Å². The fourth-order valence-corrected chi connectivity index (χ4v) is 5.13. The number of rotatable bonds is 5. The first-order chi connectivity index (χ1) is 19.4. The van der Waals surface area contributed by atoms with Crippen LogP contribution >= 0.6 is 23.6 Å². The maximum Gasteiger partial charge on any atom is 0.485 e. The van der Waals surface area contributed by atoms with Gasteiger partial charge in [-0.05, 0) is 73.8 Å². The molecule has 9 nitrogen and oxygen atoms in total. The zero-order valence-electron chi connectivity index (χ0n) is 21.1. The highest BCUT2D eigenvalue weighted by molar-refractivity contribution is 7.86. The van der Waals surface area contributed by atoms with Crippen molar-refractivity contribution in [1.29, 1.82) is 0 Å². The maximum absolute atomic E-state index is 13.0. The average Bonchev–Trinajstić information content (AvgIpc) is 3.32. The van der Waals surface area contributed by atoms with Crippen molar-refractivity contribution in [2.24, 2.45) is 0 Å². The standard InChI is InChI=1S/C25H21N5OS2.CHF3O3S/c1-2-12-30-21-9-4-3-6-16(21)13-18-15-20(10-11-22(18)30)26-23(31)17-7-5-8-19(14-17)27-24-28-29-25(32)33-24;2-1(3,4)8(5,6)7/h1,5,7-8,10-11,13-15H,3-4,6,9,12H2,(H2-,26,27,28,29,31,32);(H,5,6,7). The molecule has 1 aliphatic rings. The molecule has 5 rings (SSSR count). The molecule has 4 aromatic rings. The molecule has 1 amide bonds. The van der Waals surface area contributed by atoms with Gasteiger partial charge >= 0.3 is 5.51 Å². The Morgan fingerprint density at radius 3 is 2.56 bits per heavy atom. The van der Waals surface area contributed by atoms with E-state index in [4.69, 9.17) is 31.6 Å². The summed E-state index contributed by atoms with van der Waals surface area (Å²) in [5, 5.41) is 14.8. The Balaban J connectivity index is 0.000000426. The van der Waals surface area contributed by atoms with Crippen LogP contribution in [0.5, 0.6) is 0 Å². The normalized spacial score (nSPS) is 13.0. The Hall–Kier alpha value is -3.84. The molecule has 0 fully saturated rings. The van der Waals surface area contributed by atoms with Gasteiger partial charge in [-0.3, -0.25) is 9.89 Å². The number of pyridine rings is 1. The second kappa shape index (κ2) is 12.4. The largest absolute Gasteiger partial charge is 0.741 e. The second-order valence-corrected chi connectivity index (χ2v) is 11.9. The molecule has 2 aromatic carbocycles. The van der Waals surface area contributed by atoms with Gasteiger partial charge in [-0.15, -0.1) is 11.5 Å². The number of alkyl halides is 3. The lowest BCUT2D eigenvalue weighted by Gasteiger charge is -2.16. The molecule has 0 aliphatic heterocycles. The van der Waals surface area contributed by atoms with Crippen molar-refractivity contribution < 1.29 is 35.5 Å². The first-order valence-electron chi connectivity index (χ1n) is 12.0. The molecule has 0 unspecified atom stereocenters. The number of nitrogens with one attached hydrogen (secondary N) is 3. The Labute approximate surface area is 242 Å². The van der Waals surface area contributed by atoms with Crippen LogP contribution in [0.4, 0.5) is 29.7 Å². The molecule has 3 N–H and O–H groups in total. The number of halogens is 3. The van der Waals surface area contributed by atoms with Gasteiger partial charge in [0.1, 0.15) is 0 Å². The number of fused-ring (bicyclic) bond motifs is 2. The third kappa shape index (κ3) is 7.47. The van der Waals surface area contributed by atoms with Crippen LogP contribution in [-0.2, 0) is 29.5 Å². The van der Waals surface area contributed by atoms with E-state index >= 15 is 0 Å². The van der Waals surface area contributed by atoms with Crippen LogP contribution in [0.25, 0.3) is 10.9 Å². The molecule has 2 heterocycles. The summed E-state index contributed by atoms with van der Waals surface area (Å²) in [7, 11) is -6.09. The third-order valence-corrected chi connectivity index (χ3v) is 7.63. The van der Waals surface area contributed by atoms with Crippen LogP contribution in [0.15, 0.2) is 48.5 Å². The maximum atomic E-state index is 13.0. The van der Waals surface area contributed by atoms with Crippen LogP contribution in [0.2, 0.25) is 0 Å². The van der Waals surface area contributed by atoms with E-state index in [-0.39, 0.29) is 5.91 Å². The Morgan fingerprint density at radius 2 is 1.90 bits per heavy atom. The SMILES string of the molecule is C#CC[n+]1c2c(cc3cc(NC(=O)c4cccc(Nc5n[nH]c(=S)s5)c4)ccc31)CCCC2.O=S(=O)([O-])C(F)(F)F. The van der Waals surface area contributed by atoms with Crippen LogP contribution in [0, 0.1) is 16.3 Å². The minimum atomic E-state index is -6.09. The monoisotopic (exact) mass is 621 g/mol. The van der Waals surface area contributed by atoms with Crippen LogP contribution in [-0.4, -0.2) is 34.6 Å². The van der Waals surface area contributed by atoms with Crippen molar-refractivity contribution in [2.75, 3.05) is 10.6 Å². The average molecular weight is 622 g/mol. The molecule has 0 atom stereocenters. The number of amides is 1. The number of carbonyl (C=O) groups excluding carboxylic acids is 1. The molecule has 0 radical (unpaired) electrons. The Bertz CT molecular complexity index is 1810. The van der Waals surface area contributed by atoms with Gasteiger partial charge in [-0.1, -0.05) is 17.4 Å². The lowest BCUT2D eigenvalue weighted by atomic mass is 9.94. The molecule has 0 bridgehead atoms. The zero-order chi connectivity index (χ0) is 29.8. The molecule has 0 saturated carbocycles. The summed E-state index contributed by atoms with van der Waals surface area (Å²) in [6.07, 6.45) is 10.2. The van der Waals surface area contributed by atoms with Crippen molar-refractivity contribution in [3.63, 3.8) is 0 Å². The molecule has 0 spiro atoms. The number of nitrogens with zero attached hydrogens (tertiary/aromatic N) is 2. The van der Waals surface area contributed by atoms with Gasteiger partial charge in [0.2, 0.25) is 17.2 Å². The lowest BCUT2D eigenvalue weighted by molar-refractivity contribution is -0.667. The zero-order valence-corrected chi connectivity index (χ0v) is 23.6. The van der Waals surface area contributed by atoms with Gasteiger partial charge in [-0.25, -0.2) is 8.42 Å². The second-order valence-electron chi connectivity index (χ2n) is 8.87. The van der Waals surface area contributed by atoms with Gasteiger partial charge < -0.3 is 15.2 Å². The van der Waals surface area contributed by atoms with Crippen molar-refractivity contribution in [3.8, 4) is 12.3 Å². The Morgan fingerprint density at radius 1 is 1.17 bits per heavy atom. The van der Waals surface area contributed by atoms with Gasteiger partial charge in [0.15, 0.2) is 19.8 Å². The van der Waals surface area contributed by atoms with E-state index in [2.05, 4.69) is 37.4 Å². The molecule has 2 aromatic heterocycles. The highest BCUT2D eigenvalue weighted by Gasteiger charge is 2.37. The first-order valence-corrected chi connectivity index (χ1v) is 14.7. The molecular formula is C26H22F3N5O4S3. The predicted octanol–water partition coefficient (Wildman–Crippen LogP) is 5.20. The van der Waals surface area contributed by atoms with E-state index < -0.39 is 15.6 Å². The number of hydrogen-bond acceptors (Lipinski definition) is 8. The number of benzene rings is 2. The molecular weight excluding hydrogens is 600 g/mol. The summed E-state index contributed by atoms with van der Waals surface area (Å²) in [6, 6.07) is 15.5. The van der Waals surface area contributed by atoms with Crippen molar-refractivity contribution in [2.45, 2.75) is 37.7 Å². The summed E-state index contributed by atoms with van der Waals surface area (Å²) in [4.78, 5) is 13.0. The highest BCUT2D eigenvalue weighted by atomic mass is 32.2. The van der Waals surface area contributed by atoms with Crippen molar-refractivity contribution in [1.82, 2.24) is 10.2 Å². The fourth-order valence-electron chi connectivity index (χ4n) is 4.32. The summed E-state index contributed by atoms with van der Waals surface area (Å²) in [6.45, 7) is 0.551. The van der Waals surface area contributed by atoms with Gasteiger partial charge in [0.25, 0.3) is 5.91 Å². The van der Waals surface area contributed by atoms with Crippen LogP contribution < -0.4 is 15.2 Å². The molecule has 15 heteroatoms. The topological polar surface area (TPSA) is 131 Å². The molecule has 1 aliphatic carbocycles. The number of carbonyl (C=O) groups is 1. The number of aromatic amines is 1. The summed E-state index contributed by atoms with van der Waals surface area (Å²) < 4.78 is 61.7. The summed E-state index contributed by atoms with van der Waals surface area (Å²) in [5.41, 5.74) is 0.209. The van der Waals surface area contributed by atoms with Crippen LogP contribution in [0.1, 0.15) is 34.5 Å². The number of hydrogen-bond donors (Lipinski definition) is 3. The number of aryl methyl sites for hydroxylation is 1. The van der Waals surface area contributed by atoms with E-state index in [1.54, 1.807) is 12.1 Å². The Kier molecular flexibility index (Phi) is 9.08. The van der Waals surface area contributed by atoms with E-state index in [1.165, 1.54) is 35.4 Å². The van der Waals surface area contributed by atoms with E-state index in [9.17, 15) is 18.0 Å². The van der Waals surface area contributed by atoms with Gasteiger partial charge in [0, 0.05) is 40.4 Å². The van der Waals surface area contributed by atoms with Crippen molar-refractivity contribution >= 4 is 67.0 Å². The number of anilines is 3. The van der Waals surface area contributed by atoms with E-state index in [0.29, 0.717) is 21.2 Å². The first kappa shape index (κ1) is 30.1. The highest BCUT2D eigenvalue weighted by Crippen LogP contribution is 2.26. The fraction of sp³-hybridized carbons (Fsp3) is 0.231. The molecule has 0 saturated heterocycles. The van der Waals surface area contributed by atoms with E-state index in [0.717, 1.165) is 35.1 Å². The van der Waals surface area contributed by atoms with Crippen LogP contribution in [0.3, 0.4) is 0 Å². The lowest BCUT2D eigenvalue weighted by Crippen LogP contribution is -2.41. The molecule has 41 heavy (non-hydrogen) atoms. The van der Waals surface area contributed by atoms with Gasteiger partial charge in [-0.2, -0.15) is 17.7 Å². The molecule has 214 valence electrons. The quantitative estimate of drug-likeness (QED) is 0.0918. The summed E-state index contributed by atoms with van der Waals surface area (Å²) in [5.74, 6) is 2.62. The minimum absolute atomic E-state index is 0.179. The minimum Gasteiger partial charge on any atom is -0.741 e. The number of H-pyrrole nitrogens is 1. The predicted molar refractivity (Wildman–Crippen MR) is 150 cm³/mol. The smallest absolute Gasteiger partial charge is 0.485 e. The number of aromatic nitrogens is 3. The van der Waals surface area contributed by atoms with Crippen molar-refractivity contribution in [3.05, 3.63) is 69.3 Å².